The lowest BCUT2D eigenvalue weighted by Gasteiger charge is -2.25. The van der Waals surface area contributed by atoms with E-state index in [0.29, 0.717) is 31.1 Å². The van der Waals surface area contributed by atoms with Crippen LogP contribution in [0.1, 0.15) is 42.5 Å². The Morgan fingerprint density at radius 3 is 2.33 bits per heavy atom. The SMILES string of the molecule is O=C(O)CCN(CC1CCCO1)C(=O)c1ccc(OCC2CCCO2)cc1. The van der Waals surface area contributed by atoms with Crippen molar-refractivity contribution in [1.29, 1.82) is 0 Å². The molecule has 0 saturated carbocycles. The molecule has 1 N–H and O–H groups in total. The summed E-state index contributed by atoms with van der Waals surface area (Å²) in [6, 6.07) is 6.97. The molecule has 2 aliphatic heterocycles. The molecule has 1 aromatic carbocycles. The van der Waals surface area contributed by atoms with Crippen molar-refractivity contribution in [2.45, 2.75) is 44.3 Å². The first-order chi connectivity index (χ1) is 13.1. The first kappa shape index (κ1) is 19.6. The molecule has 2 aliphatic rings. The number of ether oxygens (including phenoxy) is 3. The molecule has 0 bridgehead atoms. The van der Waals surface area contributed by atoms with Gasteiger partial charge in [0.1, 0.15) is 12.4 Å². The lowest BCUT2D eigenvalue weighted by atomic mass is 10.1. The summed E-state index contributed by atoms with van der Waals surface area (Å²) in [5.74, 6) is -0.409. The highest BCUT2D eigenvalue weighted by molar-refractivity contribution is 5.94. The maximum Gasteiger partial charge on any atom is 0.305 e. The Balaban J connectivity index is 1.58. The summed E-state index contributed by atoms with van der Waals surface area (Å²) in [6.07, 6.45) is 3.99. The van der Waals surface area contributed by atoms with Gasteiger partial charge in [-0.15, -0.1) is 0 Å². The van der Waals surface area contributed by atoms with Crippen LogP contribution >= 0.6 is 0 Å². The Kier molecular flexibility index (Phi) is 7.06. The summed E-state index contributed by atoms with van der Waals surface area (Å²) in [5, 5.41) is 8.96. The molecule has 2 fully saturated rings. The van der Waals surface area contributed by atoms with E-state index in [-0.39, 0.29) is 31.1 Å². The number of carboxylic acid groups (broad SMARTS) is 1. The molecule has 0 aliphatic carbocycles. The molecule has 7 nitrogen and oxygen atoms in total. The van der Waals surface area contributed by atoms with Gasteiger partial charge in [-0.25, -0.2) is 0 Å². The fourth-order valence-corrected chi connectivity index (χ4v) is 3.38. The van der Waals surface area contributed by atoms with E-state index in [2.05, 4.69) is 0 Å². The fourth-order valence-electron chi connectivity index (χ4n) is 3.38. The lowest BCUT2D eigenvalue weighted by Crippen LogP contribution is -2.38. The van der Waals surface area contributed by atoms with Gasteiger partial charge in [-0.3, -0.25) is 9.59 Å². The summed E-state index contributed by atoms with van der Waals surface area (Å²) in [5.41, 5.74) is 0.517. The molecule has 2 heterocycles. The van der Waals surface area contributed by atoms with Crippen molar-refractivity contribution in [3.05, 3.63) is 29.8 Å². The summed E-state index contributed by atoms with van der Waals surface area (Å²) in [7, 11) is 0. The zero-order valence-corrected chi connectivity index (χ0v) is 15.5. The number of carbonyl (C=O) groups excluding carboxylic acids is 1. The van der Waals surface area contributed by atoms with E-state index in [4.69, 9.17) is 19.3 Å². The average molecular weight is 377 g/mol. The Bertz CT molecular complexity index is 620. The zero-order chi connectivity index (χ0) is 19.1. The highest BCUT2D eigenvalue weighted by atomic mass is 16.5. The van der Waals surface area contributed by atoms with Gasteiger partial charge < -0.3 is 24.2 Å². The standard InChI is InChI=1S/C20H27NO6/c22-19(23)9-10-21(13-17-3-1-11-25-17)20(24)15-5-7-16(8-6-15)27-14-18-4-2-12-26-18/h5-8,17-18H,1-4,9-14H2,(H,22,23). The van der Waals surface area contributed by atoms with Crippen LogP contribution in [0.15, 0.2) is 24.3 Å². The maximum atomic E-state index is 12.8. The van der Waals surface area contributed by atoms with Crippen molar-refractivity contribution in [2.24, 2.45) is 0 Å². The summed E-state index contributed by atoms with van der Waals surface area (Å²) in [6.45, 7) is 2.59. The first-order valence-corrected chi connectivity index (χ1v) is 9.59. The predicted octanol–water partition coefficient (Wildman–Crippen LogP) is 2.34. The quantitative estimate of drug-likeness (QED) is 0.711. The van der Waals surface area contributed by atoms with Gasteiger partial charge >= 0.3 is 5.97 Å². The second-order valence-electron chi connectivity index (χ2n) is 7.00. The third kappa shape index (κ3) is 5.94. The lowest BCUT2D eigenvalue weighted by molar-refractivity contribution is -0.137. The van der Waals surface area contributed by atoms with E-state index in [9.17, 15) is 9.59 Å². The third-order valence-electron chi connectivity index (χ3n) is 4.89. The molecule has 3 rings (SSSR count). The normalized spacial score (nSPS) is 21.9. The Morgan fingerprint density at radius 1 is 1.07 bits per heavy atom. The zero-order valence-electron chi connectivity index (χ0n) is 15.5. The van der Waals surface area contributed by atoms with E-state index in [0.717, 1.165) is 32.3 Å². The minimum atomic E-state index is -0.919. The predicted molar refractivity (Wildman–Crippen MR) is 98.0 cm³/mol. The van der Waals surface area contributed by atoms with Crippen LogP contribution in [-0.4, -0.2) is 67.0 Å². The van der Waals surface area contributed by atoms with Crippen LogP contribution in [0.4, 0.5) is 0 Å². The van der Waals surface area contributed by atoms with E-state index < -0.39 is 5.97 Å². The topological polar surface area (TPSA) is 85.3 Å². The first-order valence-electron chi connectivity index (χ1n) is 9.59. The second kappa shape index (κ2) is 9.71. The molecule has 0 radical (unpaired) electrons. The van der Waals surface area contributed by atoms with Crippen LogP contribution in [0.2, 0.25) is 0 Å². The molecule has 0 aromatic heterocycles. The summed E-state index contributed by atoms with van der Waals surface area (Å²) >= 11 is 0. The third-order valence-corrected chi connectivity index (χ3v) is 4.89. The van der Waals surface area contributed by atoms with Gasteiger partial charge in [0.25, 0.3) is 5.91 Å². The van der Waals surface area contributed by atoms with Crippen molar-refractivity contribution in [3.63, 3.8) is 0 Å². The van der Waals surface area contributed by atoms with Gasteiger partial charge in [0.15, 0.2) is 0 Å². The van der Waals surface area contributed by atoms with E-state index >= 15 is 0 Å². The molecule has 27 heavy (non-hydrogen) atoms. The molecule has 0 spiro atoms. The number of carboxylic acids is 1. The number of aliphatic carboxylic acids is 1. The van der Waals surface area contributed by atoms with Gasteiger partial charge in [0.05, 0.1) is 18.6 Å². The van der Waals surface area contributed by atoms with Crippen LogP contribution in [0.5, 0.6) is 5.75 Å². The highest BCUT2D eigenvalue weighted by Gasteiger charge is 2.24. The van der Waals surface area contributed by atoms with Gasteiger partial charge in [-0.05, 0) is 49.9 Å². The number of nitrogens with zero attached hydrogens (tertiary/aromatic N) is 1. The van der Waals surface area contributed by atoms with E-state index in [1.54, 1.807) is 29.2 Å². The van der Waals surface area contributed by atoms with Crippen LogP contribution in [-0.2, 0) is 14.3 Å². The molecular formula is C20H27NO6. The largest absolute Gasteiger partial charge is 0.491 e. The van der Waals surface area contributed by atoms with Crippen molar-refractivity contribution in [2.75, 3.05) is 32.9 Å². The smallest absolute Gasteiger partial charge is 0.305 e. The van der Waals surface area contributed by atoms with Crippen LogP contribution in [0.3, 0.4) is 0 Å². The van der Waals surface area contributed by atoms with Gasteiger partial charge in [0.2, 0.25) is 0 Å². The number of hydrogen-bond acceptors (Lipinski definition) is 5. The molecular weight excluding hydrogens is 350 g/mol. The van der Waals surface area contributed by atoms with Gasteiger partial charge in [-0.1, -0.05) is 0 Å². The number of rotatable bonds is 9. The second-order valence-corrected chi connectivity index (χ2v) is 7.00. The minimum Gasteiger partial charge on any atom is -0.491 e. The number of amides is 1. The van der Waals surface area contributed by atoms with E-state index in [1.807, 2.05) is 0 Å². The minimum absolute atomic E-state index is 0.0169. The van der Waals surface area contributed by atoms with Crippen LogP contribution < -0.4 is 4.74 Å². The van der Waals surface area contributed by atoms with Crippen molar-refractivity contribution in [1.82, 2.24) is 4.90 Å². The van der Waals surface area contributed by atoms with Crippen LogP contribution in [0.25, 0.3) is 0 Å². The average Bonchev–Trinajstić information content (AvgIpc) is 3.37. The van der Waals surface area contributed by atoms with Crippen molar-refractivity contribution >= 4 is 11.9 Å². The maximum absolute atomic E-state index is 12.8. The molecule has 7 heteroatoms. The summed E-state index contributed by atoms with van der Waals surface area (Å²) in [4.78, 5) is 25.3. The fraction of sp³-hybridized carbons (Fsp3) is 0.600. The molecule has 2 saturated heterocycles. The van der Waals surface area contributed by atoms with Crippen molar-refractivity contribution < 1.29 is 28.9 Å². The Hall–Kier alpha value is -2.12. The molecule has 1 aromatic rings. The molecule has 1 amide bonds. The van der Waals surface area contributed by atoms with Gasteiger partial charge in [-0.2, -0.15) is 0 Å². The summed E-state index contributed by atoms with van der Waals surface area (Å²) < 4.78 is 16.9. The molecule has 2 unspecified atom stereocenters. The Labute approximate surface area is 159 Å². The monoisotopic (exact) mass is 377 g/mol. The number of carbonyl (C=O) groups is 2. The molecule has 2 atom stereocenters. The van der Waals surface area contributed by atoms with Gasteiger partial charge in [0, 0.05) is 31.9 Å². The number of hydrogen-bond donors (Lipinski definition) is 1. The Morgan fingerprint density at radius 2 is 1.74 bits per heavy atom. The molecule has 148 valence electrons. The number of benzene rings is 1. The van der Waals surface area contributed by atoms with Crippen LogP contribution in [0, 0.1) is 0 Å². The highest BCUT2D eigenvalue weighted by Crippen LogP contribution is 2.19. The van der Waals surface area contributed by atoms with Crippen molar-refractivity contribution in [3.8, 4) is 5.75 Å². The van der Waals surface area contributed by atoms with E-state index in [1.165, 1.54) is 0 Å².